The number of methoxy groups -OCH3 is 1. The Morgan fingerprint density at radius 1 is 1.17 bits per heavy atom. The minimum Gasteiger partial charge on any atom is -0.497 e. The largest absolute Gasteiger partial charge is 0.497 e. The first-order valence-corrected chi connectivity index (χ1v) is 9.30. The highest BCUT2D eigenvalue weighted by Gasteiger charge is 2.30. The molecule has 1 aromatic heterocycles. The van der Waals surface area contributed by atoms with Gasteiger partial charge >= 0.3 is 0 Å². The van der Waals surface area contributed by atoms with Crippen molar-refractivity contribution in [1.29, 1.82) is 0 Å². The Morgan fingerprint density at radius 3 is 2.33 bits per heavy atom. The summed E-state index contributed by atoms with van der Waals surface area (Å²) in [5.41, 5.74) is 0.577. The molecule has 0 saturated heterocycles. The summed E-state index contributed by atoms with van der Waals surface area (Å²) in [4.78, 5) is 4.31. The van der Waals surface area contributed by atoms with Gasteiger partial charge < -0.3 is 4.74 Å². The van der Waals surface area contributed by atoms with Crippen LogP contribution in [0.15, 0.2) is 53.7 Å². The Kier molecular flexibility index (Phi) is 5.62. The number of nitrogens with zero attached hydrogens (tertiary/aromatic N) is 1. The number of hydrogen-bond acceptors (Lipinski definition) is 5. The summed E-state index contributed by atoms with van der Waals surface area (Å²) in [7, 11) is -2.06. The molecule has 0 spiro atoms. The van der Waals surface area contributed by atoms with Crippen molar-refractivity contribution in [2.45, 2.75) is 31.0 Å². The van der Waals surface area contributed by atoms with Gasteiger partial charge in [-0.3, -0.25) is 10.3 Å². The molecule has 1 aromatic carbocycles. The first-order chi connectivity index (χ1) is 11.2. The average molecular weight is 348 g/mol. The zero-order chi connectivity index (χ0) is 17.8. The number of hydrogen-bond donors (Lipinski definition) is 1. The van der Waals surface area contributed by atoms with E-state index in [1.807, 2.05) is 0 Å². The van der Waals surface area contributed by atoms with Gasteiger partial charge in [-0.05, 0) is 35.7 Å². The average Bonchev–Trinajstić information content (AvgIpc) is 2.55. The molecule has 130 valence electrons. The molecule has 2 rings (SSSR count). The summed E-state index contributed by atoms with van der Waals surface area (Å²) in [6, 6.07) is 9.94. The zero-order valence-corrected chi connectivity index (χ0v) is 15.3. The molecule has 0 fully saturated rings. The number of benzene rings is 1. The van der Waals surface area contributed by atoms with Crippen LogP contribution in [0, 0.1) is 5.41 Å². The van der Waals surface area contributed by atoms with Crippen LogP contribution in [0.4, 0.5) is 0 Å². The second-order valence-corrected chi connectivity index (χ2v) is 8.86. The van der Waals surface area contributed by atoms with Crippen LogP contribution < -0.4 is 10.1 Å². The molecule has 6 heteroatoms. The van der Waals surface area contributed by atoms with Gasteiger partial charge in [-0.1, -0.05) is 26.8 Å². The monoisotopic (exact) mass is 348 g/mol. The molecular formula is C18H24N2O3S. The van der Waals surface area contributed by atoms with Crippen molar-refractivity contribution in [2.75, 3.05) is 13.7 Å². The van der Waals surface area contributed by atoms with E-state index in [-0.39, 0.29) is 10.3 Å². The third kappa shape index (κ3) is 4.55. The SMILES string of the molecule is COc1ccc(S(=O)(=O)C(NCC(C)(C)C)c2cccnc2)cc1. The second kappa shape index (κ2) is 7.32. The van der Waals surface area contributed by atoms with Crippen molar-refractivity contribution in [3.8, 4) is 5.75 Å². The molecule has 1 N–H and O–H groups in total. The summed E-state index contributed by atoms with van der Waals surface area (Å²) in [6.45, 7) is 6.73. The quantitative estimate of drug-likeness (QED) is 0.868. The Bertz CT molecular complexity index is 751. The maximum atomic E-state index is 13.1. The van der Waals surface area contributed by atoms with Gasteiger partial charge in [0, 0.05) is 24.5 Å². The first kappa shape index (κ1) is 18.4. The lowest BCUT2D eigenvalue weighted by Gasteiger charge is -2.25. The third-order valence-corrected chi connectivity index (χ3v) is 5.49. The first-order valence-electron chi connectivity index (χ1n) is 7.75. The number of aromatic nitrogens is 1. The lowest BCUT2D eigenvalue weighted by Crippen LogP contribution is -2.35. The van der Waals surface area contributed by atoms with E-state index >= 15 is 0 Å². The zero-order valence-electron chi connectivity index (χ0n) is 14.5. The van der Waals surface area contributed by atoms with Crippen molar-refractivity contribution >= 4 is 9.84 Å². The van der Waals surface area contributed by atoms with Crippen molar-refractivity contribution in [1.82, 2.24) is 10.3 Å². The Hall–Kier alpha value is -1.92. The van der Waals surface area contributed by atoms with Gasteiger partial charge in [0.2, 0.25) is 0 Å². The Morgan fingerprint density at radius 2 is 1.83 bits per heavy atom. The third-order valence-electron chi connectivity index (χ3n) is 3.50. The molecular weight excluding hydrogens is 324 g/mol. The van der Waals surface area contributed by atoms with Crippen molar-refractivity contribution < 1.29 is 13.2 Å². The van der Waals surface area contributed by atoms with E-state index in [1.54, 1.807) is 55.9 Å². The smallest absolute Gasteiger partial charge is 0.198 e. The van der Waals surface area contributed by atoms with E-state index in [4.69, 9.17) is 4.74 Å². The molecule has 0 aliphatic rings. The summed E-state index contributed by atoms with van der Waals surface area (Å²) >= 11 is 0. The van der Waals surface area contributed by atoms with E-state index in [9.17, 15) is 8.42 Å². The highest BCUT2D eigenvalue weighted by molar-refractivity contribution is 7.91. The maximum absolute atomic E-state index is 13.1. The van der Waals surface area contributed by atoms with Crippen LogP contribution in [0.2, 0.25) is 0 Å². The topological polar surface area (TPSA) is 68.3 Å². The molecule has 1 atom stereocenters. The summed E-state index contributed by atoms with van der Waals surface area (Å²) in [5, 5.41) is 2.34. The molecule has 5 nitrogen and oxygen atoms in total. The number of nitrogens with one attached hydrogen (secondary N) is 1. The second-order valence-electron chi connectivity index (χ2n) is 6.83. The molecule has 1 unspecified atom stereocenters. The van der Waals surface area contributed by atoms with E-state index in [0.29, 0.717) is 17.9 Å². The van der Waals surface area contributed by atoms with Crippen LogP contribution in [-0.2, 0) is 9.84 Å². The fourth-order valence-electron chi connectivity index (χ4n) is 2.24. The summed E-state index contributed by atoms with van der Waals surface area (Å²) < 4.78 is 31.3. The van der Waals surface area contributed by atoms with Crippen molar-refractivity contribution in [3.63, 3.8) is 0 Å². The summed E-state index contributed by atoms with van der Waals surface area (Å²) in [5.74, 6) is 0.620. The normalized spacial score (nSPS) is 13.5. The molecule has 0 saturated carbocycles. The van der Waals surface area contributed by atoms with Gasteiger partial charge in [0.05, 0.1) is 12.0 Å². The molecule has 1 heterocycles. The van der Waals surface area contributed by atoms with Crippen LogP contribution in [0.1, 0.15) is 31.7 Å². The van der Waals surface area contributed by atoms with Crippen LogP contribution in [0.5, 0.6) is 5.75 Å². The van der Waals surface area contributed by atoms with Crippen LogP contribution in [-0.4, -0.2) is 27.1 Å². The van der Waals surface area contributed by atoms with Gasteiger partial charge in [0.15, 0.2) is 9.84 Å². The van der Waals surface area contributed by atoms with Gasteiger partial charge in [0.25, 0.3) is 0 Å². The lowest BCUT2D eigenvalue weighted by atomic mass is 9.97. The standard InChI is InChI=1S/C18H24N2O3S/c1-18(2,3)13-20-17(14-6-5-11-19-12-14)24(21,22)16-9-7-15(23-4)8-10-16/h5-12,17,20H,13H2,1-4H3. The highest BCUT2D eigenvalue weighted by atomic mass is 32.2. The van der Waals surface area contributed by atoms with Gasteiger partial charge in [-0.25, -0.2) is 8.42 Å². The minimum absolute atomic E-state index is 0.0457. The maximum Gasteiger partial charge on any atom is 0.198 e. The number of pyridine rings is 1. The molecule has 0 amide bonds. The van der Waals surface area contributed by atoms with Gasteiger partial charge in [0.1, 0.15) is 11.1 Å². The van der Waals surface area contributed by atoms with E-state index < -0.39 is 15.2 Å². The molecule has 0 bridgehead atoms. The molecule has 24 heavy (non-hydrogen) atoms. The molecule has 0 aliphatic carbocycles. The molecule has 0 aliphatic heterocycles. The minimum atomic E-state index is -3.61. The predicted molar refractivity (Wildman–Crippen MR) is 94.6 cm³/mol. The number of sulfone groups is 1. The molecule has 0 radical (unpaired) electrons. The lowest BCUT2D eigenvalue weighted by molar-refractivity contribution is 0.372. The fourth-order valence-corrected chi connectivity index (χ4v) is 3.83. The Balaban J connectivity index is 2.40. The van der Waals surface area contributed by atoms with Crippen molar-refractivity contribution in [2.24, 2.45) is 5.41 Å². The van der Waals surface area contributed by atoms with Gasteiger partial charge in [-0.2, -0.15) is 0 Å². The van der Waals surface area contributed by atoms with Crippen LogP contribution in [0.25, 0.3) is 0 Å². The molecule has 2 aromatic rings. The van der Waals surface area contributed by atoms with Crippen LogP contribution in [0.3, 0.4) is 0 Å². The van der Waals surface area contributed by atoms with Crippen LogP contribution >= 0.6 is 0 Å². The van der Waals surface area contributed by atoms with Crippen molar-refractivity contribution in [3.05, 3.63) is 54.4 Å². The summed E-state index contributed by atoms with van der Waals surface area (Å²) in [6.07, 6.45) is 3.21. The van der Waals surface area contributed by atoms with E-state index in [0.717, 1.165) is 0 Å². The highest BCUT2D eigenvalue weighted by Crippen LogP contribution is 2.28. The van der Waals surface area contributed by atoms with E-state index in [2.05, 4.69) is 31.1 Å². The number of rotatable bonds is 6. The van der Waals surface area contributed by atoms with Gasteiger partial charge in [-0.15, -0.1) is 0 Å². The predicted octanol–water partition coefficient (Wildman–Crippen LogP) is 3.20. The van der Waals surface area contributed by atoms with E-state index in [1.165, 1.54) is 0 Å². The fraction of sp³-hybridized carbons (Fsp3) is 0.389. The number of ether oxygens (including phenoxy) is 1. The Labute approximate surface area is 144 Å².